The van der Waals surface area contributed by atoms with Crippen LogP contribution in [0.15, 0.2) is 29.2 Å². The highest BCUT2D eigenvalue weighted by atomic mass is 32.2. The fourth-order valence-electron chi connectivity index (χ4n) is 2.86. The van der Waals surface area contributed by atoms with Crippen molar-refractivity contribution in [2.45, 2.75) is 37.2 Å². The molecule has 1 saturated heterocycles. The van der Waals surface area contributed by atoms with E-state index in [1.165, 1.54) is 10.5 Å². The second kappa shape index (κ2) is 7.81. The van der Waals surface area contributed by atoms with E-state index >= 15 is 0 Å². The maximum atomic E-state index is 11.9. The molecule has 0 aliphatic carbocycles. The highest BCUT2D eigenvalue weighted by Crippen LogP contribution is 2.21. The number of hydrogen-bond donors (Lipinski definition) is 0. The first-order chi connectivity index (χ1) is 10.5. The molecule has 1 aromatic rings. The van der Waals surface area contributed by atoms with Crippen LogP contribution in [-0.4, -0.2) is 55.8 Å². The van der Waals surface area contributed by atoms with Crippen LogP contribution in [0.3, 0.4) is 0 Å². The highest BCUT2D eigenvalue weighted by molar-refractivity contribution is 7.98. The molecule has 1 heterocycles. The van der Waals surface area contributed by atoms with E-state index in [0.717, 1.165) is 32.5 Å². The van der Waals surface area contributed by atoms with E-state index in [-0.39, 0.29) is 11.8 Å². The largest absolute Gasteiger partial charge is 0.299 e. The normalized spacial score (nSPS) is 18.0. The maximum absolute atomic E-state index is 11.9. The van der Waals surface area contributed by atoms with Crippen LogP contribution in [0.25, 0.3) is 0 Å². The molecule has 0 saturated carbocycles. The van der Waals surface area contributed by atoms with E-state index in [1.54, 1.807) is 30.0 Å². The lowest BCUT2D eigenvalue weighted by Gasteiger charge is -2.36. The van der Waals surface area contributed by atoms with Crippen LogP contribution in [0.4, 0.5) is 0 Å². The van der Waals surface area contributed by atoms with Crippen molar-refractivity contribution in [3.8, 4) is 0 Å². The van der Waals surface area contributed by atoms with Crippen molar-refractivity contribution in [2.24, 2.45) is 0 Å². The molecule has 124 valence electrons. The average Bonchev–Trinajstić information content (AvgIpc) is 2.55. The van der Waals surface area contributed by atoms with E-state index < -0.39 is 10.0 Å². The van der Waals surface area contributed by atoms with Gasteiger partial charge in [-0.05, 0) is 43.7 Å². The van der Waals surface area contributed by atoms with Gasteiger partial charge in [-0.25, -0.2) is 12.7 Å². The average molecular weight is 343 g/mol. The molecule has 0 amide bonds. The van der Waals surface area contributed by atoms with Gasteiger partial charge in [0, 0.05) is 37.6 Å². The van der Waals surface area contributed by atoms with Crippen molar-refractivity contribution in [1.82, 2.24) is 9.21 Å². The predicted octanol–water partition coefficient (Wildman–Crippen LogP) is 2.65. The summed E-state index contributed by atoms with van der Waals surface area (Å²) >= 11 is 1.76. The Morgan fingerprint density at radius 3 is 2.32 bits per heavy atom. The summed E-state index contributed by atoms with van der Waals surface area (Å²) in [5.41, 5.74) is 1.32. The van der Waals surface area contributed by atoms with Gasteiger partial charge in [0.15, 0.2) is 0 Å². The van der Waals surface area contributed by atoms with Crippen molar-refractivity contribution in [1.29, 1.82) is 0 Å². The van der Waals surface area contributed by atoms with Gasteiger partial charge in [-0.15, -0.1) is 11.8 Å². The molecule has 1 fully saturated rings. The molecule has 0 radical (unpaired) electrons. The Balaban J connectivity index is 1.86. The Bertz CT molecular complexity index is 564. The van der Waals surface area contributed by atoms with E-state index in [2.05, 4.69) is 35.4 Å². The quantitative estimate of drug-likeness (QED) is 0.745. The fraction of sp³-hybridized carbons (Fsp3) is 0.625. The molecule has 0 unspecified atom stereocenters. The molecular weight excluding hydrogens is 316 g/mol. The van der Waals surface area contributed by atoms with Gasteiger partial charge in [0.1, 0.15) is 0 Å². The minimum atomic E-state index is -3.07. The van der Waals surface area contributed by atoms with Crippen molar-refractivity contribution in [3.63, 3.8) is 0 Å². The summed E-state index contributed by atoms with van der Waals surface area (Å²) in [5, 5.41) is 0. The van der Waals surface area contributed by atoms with Crippen molar-refractivity contribution in [3.05, 3.63) is 29.8 Å². The standard InChI is InChI=1S/C16H26N2O2S2/c1-4-22(19,20)17(2)15-9-11-18(12-10-15)13-14-5-7-16(21-3)8-6-14/h5-8,15H,4,9-13H2,1-3H3. The molecule has 0 spiro atoms. The summed E-state index contributed by atoms with van der Waals surface area (Å²) in [6.07, 6.45) is 3.91. The number of hydrogen-bond acceptors (Lipinski definition) is 4. The third-order valence-electron chi connectivity index (χ3n) is 4.44. The highest BCUT2D eigenvalue weighted by Gasteiger charge is 2.28. The summed E-state index contributed by atoms with van der Waals surface area (Å²) in [5.74, 6) is 0.186. The number of likely N-dealkylation sites (tertiary alicyclic amines) is 1. The fourth-order valence-corrected chi connectivity index (χ4v) is 4.34. The van der Waals surface area contributed by atoms with Crippen molar-refractivity contribution in [2.75, 3.05) is 32.1 Å². The second-order valence-corrected chi connectivity index (χ2v) is 8.97. The first-order valence-electron chi connectivity index (χ1n) is 7.77. The number of thioether (sulfide) groups is 1. The molecule has 1 aliphatic rings. The number of piperidine rings is 1. The van der Waals surface area contributed by atoms with Gasteiger partial charge in [0.05, 0.1) is 5.75 Å². The molecule has 0 N–H and O–H groups in total. The Morgan fingerprint density at radius 2 is 1.82 bits per heavy atom. The second-order valence-electron chi connectivity index (χ2n) is 5.77. The Kier molecular flexibility index (Phi) is 6.32. The monoisotopic (exact) mass is 342 g/mol. The van der Waals surface area contributed by atoms with Crippen LogP contribution >= 0.6 is 11.8 Å². The van der Waals surface area contributed by atoms with E-state index in [1.807, 2.05) is 0 Å². The number of rotatable bonds is 6. The number of benzene rings is 1. The Morgan fingerprint density at radius 1 is 1.23 bits per heavy atom. The molecule has 2 rings (SSSR count). The van der Waals surface area contributed by atoms with Gasteiger partial charge in [0.2, 0.25) is 10.0 Å². The molecule has 1 aliphatic heterocycles. The van der Waals surface area contributed by atoms with Crippen molar-refractivity contribution >= 4 is 21.8 Å². The van der Waals surface area contributed by atoms with Gasteiger partial charge < -0.3 is 0 Å². The first kappa shape index (κ1) is 17.8. The maximum Gasteiger partial charge on any atom is 0.213 e. The van der Waals surface area contributed by atoms with Crippen LogP contribution in [0.5, 0.6) is 0 Å². The summed E-state index contributed by atoms with van der Waals surface area (Å²) in [6.45, 7) is 4.57. The molecule has 6 heteroatoms. The van der Waals surface area contributed by atoms with Gasteiger partial charge >= 0.3 is 0 Å². The summed E-state index contributed by atoms with van der Waals surface area (Å²) in [4.78, 5) is 3.70. The van der Waals surface area contributed by atoms with E-state index in [4.69, 9.17) is 0 Å². The minimum Gasteiger partial charge on any atom is -0.299 e. The number of sulfonamides is 1. The summed E-state index contributed by atoms with van der Waals surface area (Å²) in [7, 11) is -1.35. The van der Waals surface area contributed by atoms with Gasteiger partial charge in [-0.3, -0.25) is 4.90 Å². The molecule has 0 aromatic heterocycles. The van der Waals surface area contributed by atoms with Gasteiger partial charge in [-0.1, -0.05) is 12.1 Å². The first-order valence-corrected chi connectivity index (χ1v) is 10.6. The molecule has 4 nitrogen and oxygen atoms in total. The number of nitrogens with zero attached hydrogens (tertiary/aromatic N) is 2. The molecule has 0 atom stereocenters. The van der Waals surface area contributed by atoms with E-state index in [0.29, 0.717) is 0 Å². The molecule has 22 heavy (non-hydrogen) atoms. The Hall–Kier alpha value is -0.560. The lowest BCUT2D eigenvalue weighted by Crippen LogP contribution is -2.45. The molecule has 1 aromatic carbocycles. The zero-order chi connectivity index (χ0) is 16.2. The molecule has 0 bridgehead atoms. The van der Waals surface area contributed by atoms with Gasteiger partial charge in [-0.2, -0.15) is 0 Å². The Labute approximate surface area is 138 Å². The zero-order valence-electron chi connectivity index (χ0n) is 13.7. The van der Waals surface area contributed by atoms with E-state index in [9.17, 15) is 8.42 Å². The van der Waals surface area contributed by atoms with Crippen LogP contribution in [0, 0.1) is 0 Å². The smallest absolute Gasteiger partial charge is 0.213 e. The van der Waals surface area contributed by atoms with Crippen molar-refractivity contribution < 1.29 is 8.42 Å². The van der Waals surface area contributed by atoms with Crippen LogP contribution in [-0.2, 0) is 16.6 Å². The lowest BCUT2D eigenvalue weighted by molar-refractivity contribution is 0.164. The third kappa shape index (κ3) is 4.47. The third-order valence-corrected chi connectivity index (χ3v) is 7.09. The molecular formula is C16H26N2O2S2. The minimum absolute atomic E-state index is 0.153. The van der Waals surface area contributed by atoms with Crippen LogP contribution in [0.1, 0.15) is 25.3 Å². The van der Waals surface area contributed by atoms with Crippen LogP contribution in [0.2, 0.25) is 0 Å². The zero-order valence-corrected chi connectivity index (χ0v) is 15.3. The lowest BCUT2D eigenvalue weighted by atomic mass is 10.0. The van der Waals surface area contributed by atoms with Gasteiger partial charge in [0.25, 0.3) is 0 Å². The topological polar surface area (TPSA) is 40.6 Å². The predicted molar refractivity (Wildman–Crippen MR) is 93.7 cm³/mol. The van der Waals surface area contributed by atoms with Crippen LogP contribution < -0.4 is 0 Å². The summed E-state index contributed by atoms with van der Waals surface area (Å²) < 4.78 is 25.5. The SMILES string of the molecule is CCS(=O)(=O)N(C)C1CCN(Cc2ccc(SC)cc2)CC1. The summed E-state index contributed by atoms with van der Waals surface area (Å²) in [6, 6.07) is 8.85.